The van der Waals surface area contributed by atoms with Gasteiger partial charge in [-0.2, -0.15) is 0 Å². The van der Waals surface area contributed by atoms with Crippen molar-refractivity contribution in [3.63, 3.8) is 0 Å². The van der Waals surface area contributed by atoms with E-state index in [1.54, 1.807) is 24.3 Å². The molecule has 0 fully saturated rings. The topological polar surface area (TPSA) is 64.0 Å². The first-order valence-electron chi connectivity index (χ1n) is 7.15. The molecule has 0 bridgehead atoms. The highest BCUT2D eigenvalue weighted by Gasteiger charge is 2.13. The second kappa shape index (κ2) is 6.19. The van der Waals surface area contributed by atoms with E-state index >= 15 is 0 Å². The van der Waals surface area contributed by atoms with E-state index in [4.69, 9.17) is 0 Å². The summed E-state index contributed by atoms with van der Waals surface area (Å²) in [6.45, 7) is 1.26. The highest BCUT2D eigenvalue weighted by molar-refractivity contribution is 6.03. The van der Waals surface area contributed by atoms with Crippen LogP contribution in [0.3, 0.4) is 0 Å². The van der Waals surface area contributed by atoms with Crippen LogP contribution in [0.25, 0.3) is 11.0 Å². The molecule has 0 aliphatic carbocycles. The Labute approximate surface area is 135 Å². The Hall–Kier alpha value is -3.09. The van der Waals surface area contributed by atoms with Crippen LogP contribution in [-0.4, -0.2) is 21.2 Å². The summed E-state index contributed by atoms with van der Waals surface area (Å²) in [7, 11) is 0. The number of halogens is 2. The highest BCUT2D eigenvalue weighted by Crippen LogP contribution is 2.19. The smallest absolute Gasteiger partial charge is 0.244 e. The number of carbonyl (C=O) groups is 2. The summed E-state index contributed by atoms with van der Waals surface area (Å²) in [5, 5.41) is 2.64. The van der Waals surface area contributed by atoms with Crippen molar-refractivity contribution in [1.29, 1.82) is 0 Å². The zero-order chi connectivity index (χ0) is 17.3. The lowest BCUT2D eigenvalue weighted by Gasteiger charge is -2.10. The molecule has 0 unspecified atom stereocenters. The van der Waals surface area contributed by atoms with Gasteiger partial charge in [0.25, 0.3) is 0 Å². The third-order valence-electron chi connectivity index (χ3n) is 3.56. The van der Waals surface area contributed by atoms with Crippen molar-refractivity contribution in [2.75, 3.05) is 5.32 Å². The van der Waals surface area contributed by atoms with Gasteiger partial charge in [-0.1, -0.05) is 12.1 Å². The van der Waals surface area contributed by atoms with Crippen LogP contribution in [0.15, 0.2) is 42.7 Å². The van der Waals surface area contributed by atoms with Gasteiger partial charge in [0, 0.05) is 17.7 Å². The molecular weight excluding hydrogens is 316 g/mol. The van der Waals surface area contributed by atoms with Crippen LogP contribution in [0.5, 0.6) is 0 Å². The third-order valence-corrected chi connectivity index (χ3v) is 3.56. The Balaban J connectivity index is 1.84. The number of para-hydroxylation sites is 1. The molecule has 2 aromatic carbocycles. The van der Waals surface area contributed by atoms with E-state index in [2.05, 4.69) is 10.3 Å². The first-order chi connectivity index (χ1) is 11.5. The summed E-state index contributed by atoms with van der Waals surface area (Å²) in [5.41, 5.74) is 1.36. The molecule has 1 aromatic heterocycles. The van der Waals surface area contributed by atoms with Gasteiger partial charge in [-0.3, -0.25) is 9.59 Å². The predicted octanol–water partition coefficient (Wildman–Crippen LogP) is 3.16. The number of amides is 1. The van der Waals surface area contributed by atoms with Crippen molar-refractivity contribution in [1.82, 2.24) is 9.55 Å². The zero-order valence-corrected chi connectivity index (χ0v) is 12.7. The van der Waals surface area contributed by atoms with Gasteiger partial charge in [-0.05, 0) is 19.1 Å². The van der Waals surface area contributed by atoms with Gasteiger partial charge in [-0.15, -0.1) is 0 Å². The fourth-order valence-corrected chi connectivity index (χ4v) is 2.42. The number of rotatable bonds is 4. The minimum atomic E-state index is -1.01. The minimum Gasteiger partial charge on any atom is -0.324 e. The molecule has 1 N–H and O–H groups in total. The second-order valence-electron chi connectivity index (χ2n) is 5.28. The van der Waals surface area contributed by atoms with E-state index in [0.29, 0.717) is 16.8 Å². The molecule has 0 atom stereocenters. The molecular formula is C17H13F2N3O2. The van der Waals surface area contributed by atoms with Crippen molar-refractivity contribution < 1.29 is 18.4 Å². The fourth-order valence-electron chi connectivity index (χ4n) is 2.42. The molecule has 122 valence electrons. The van der Waals surface area contributed by atoms with Crippen LogP contribution >= 0.6 is 0 Å². The molecule has 24 heavy (non-hydrogen) atoms. The van der Waals surface area contributed by atoms with Crippen molar-refractivity contribution in [2.45, 2.75) is 13.5 Å². The van der Waals surface area contributed by atoms with E-state index in [1.165, 1.54) is 17.8 Å². The molecule has 0 saturated carbocycles. The quantitative estimate of drug-likeness (QED) is 0.748. The molecule has 7 heteroatoms. The van der Waals surface area contributed by atoms with E-state index in [9.17, 15) is 18.4 Å². The van der Waals surface area contributed by atoms with Gasteiger partial charge in [0.2, 0.25) is 5.91 Å². The second-order valence-corrected chi connectivity index (χ2v) is 5.28. The first kappa shape index (κ1) is 15.8. The Bertz CT molecular complexity index is 950. The van der Waals surface area contributed by atoms with Gasteiger partial charge in [0.05, 0.1) is 23.0 Å². The predicted molar refractivity (Wildman–Crippen MR) is 84.7 cm³/mol. The monoisotopic (exact) mass is 329 g/mol. The normalized spacial score (nSPS) is 10.8. The van der Waals surface area contributed by atoms with E-state index < -0.39 is 17.5 Å². The maximum atomic E-state index is 13.4. The van der Waals surface area contributed by atoms with E-state index in [1.807, 2.05) is 0 Å². The lowest BCUT2D eigenvalue weighted by Crippen LogP contribution is -2.19. The molecule has 0 aliphatic heterocycles. The van der Waals surface area contributed by atoms with Gasteiger partial charge in [-0.25, -0.2) is 13.8 Å². The number of ketones is 1. The summed E-state index contributed by atoms with van der Waals surface area (Å²) >= 11 is 0. The number of imidazole rings is 1. The summed E-state index contributed by atoms with van der Waals surface area (Å²) in [6.07, 6.45) is 1.33. The maximum Gasteiger partial charge on any atom is 0.244 e. The standard InChI is InChI=1S/C17H13F2N3O2/c1-10(23)11-4-2-3-5-14(11)21-17(24)8-22-9-20-15-6-12(18)13(19)7-16(15)22/h2-7,9H,8H2,1H3,(H,21,24). The highest BCUT2D eigenvalue weighted by atomic mass is 19.2. The van der Waals surface area contributed by atoms with E-state index in [-0.39, 0.29) is 17.8 Å². The number of carbonyl (C=O) groups excluding carboxylic acids is 2. The Morgan fingerprint density at radius 3 is 2.62 bits per heavy atom. The van der Waals surface area contributed by atoms with Crippen LogP contribution in [-0.2, 0) is 11.3 Å². The molecule has 1 heterocycles. The van der Waals surface area contributed by atoms with Crippen molar-refractivity contribution >= 4 is 28.4 Å². The minimum absolute atomic E-state index is 0.145. The Kier molecular flexibility index (Phi) is 4.07. The molecule has 3 aromatic rings. The van der Waals surface area contributed by atoms with Gasteiger partial charge in [0.1, 0.15) is 6.54 Å². The number of nitrogens with zero attached hydrogens (tertiary/aromatic N) is 2. The summed E-state index contributed by atoms with van der Waals surface area (Å²) in [4.78, 5) is 27.7. The lowest BCUT2D eigenvalue weighted by atomic mass is 10.1. The summed E-state index contributed by atoms with van der Waals surface area (Å²) in [6, 6.07) is 8.61. The summed E-state index contributed by atoms with van der Waals surface area (Å²) < 4.78 is 28.0. The van der Waals surface area contributed by atoms with Crippen LogP contribution in [0.4, 0.5) is 14.5 Å². The number of nitrogens with one attached hydrogen (secondary N) is 1. The van der Waals surface area contributed by atoms with Crippen molar-refractivity contribution in [2.24, 2.45) is 0 Å². The zero-order valence-electron chi connectivity index (χ0n) is 12.7. The average Bonchev–Trinajstić information content (AvgIpc) is 2.90. The first-order valence-corrected chi connectivity index (χ1v) is 7.15. The molecule has 0 radical (unpaired) electrons. The SMILES string of the molecule is CC(=O)c1ccccc1NC(=O)Cn1cnc2cc(F)c(F)cc21. The molecule has 3 rings (SSSR count). The van der Waals surface area contributed by atoms with Gasteiger partial charge >= 0.3 is 0 Å². The molecule has 5 nitrogen and oxygen atoms in total. The molecule has 0 saturated heterocycles. The number of benzene rings is 2. The molecule has 0 aliphatic rings. The molecule has 1 amide bonds. The number of hydrogen-bond acceptors (Lipinski definition) is 3. The number of Topliss-reactive ketones (excluding diaryl/α,β-unsaturated/α-hetero) is 1. The van der Waals surface area contributed by atoms with Crippen LogP contribution in [0.1, 0.15) is 17.3 Å². The number of hydrogen-bond donors (Lipinski definition) is 1. The fraction of sp³-hybridized carbons (Fsp3) is 0.118. The van der Waals surface area contributed by atoms with Crippen molar-refractivity contribution in [3.05, 3.63) is 59.9 Å². The largest absolute Gasteiger partial charge is 0.324 e. The maximum absolute atomic E-state index is 13.4. The lowest BCUT2D eigenvalue weighted by molar-refractivity contribution is -0.116. The number of aromatic nitrogens is 2. The van der Waals surface area contributed by atoms with E-state index in [0.717, 1.165) is 12.1 Å². The van der Waals surface area contributed by atoms with Crippen LogP contribution in [0, 0.1) is 11.6 Å². The van der Waals surface area contributed by atoms with Gasteiger partial charge < -0.3 is 9.88 Å². The summed E-state index contributed by atoms with van der Waals surface area (Å²) in [5.74, 6) is -2.58. The Morgan fingerprint density at radius 2 is 1.88 bits per heavy atom. The van der Waals surface area contributed by atoms with Crippen LogP contribution < -0.4 is 5.32 Å². The van der Waals surface area contributed by atoms with Crippen LogP contribution in [0.2, 0.25) is 0 Å². The number of fused-ring (bicyclic) bond motifs is 1. The molecule has 0 spiro atoms. The van der Waals surface area contributed by atoms with Crippen molar-refractivity contribution in [3.8, 4) is 0 Å². The Morgan fingerprint density at radius 1 is 1.17 bits per heavy atom. The van der Waals surface area contributed by atoms with Gasteiger partial charge in [0.15, 0.2) is 17.4 Å². The average molecular weight is 329 g/mol. The number of anilines is 1. The third kappa shape index (κ3) is 3.01.